The summed E-state index contributed by atoms with van der Waals surface area (Å²) in [6, 6.07) is 9.48. The third-order valence-corrected chi connectivity index (χ3v) is 5.80. The van der Waals surface area contributed by atoms with E-state index in [9.17, 15) is 0 Å². The van der Waals surface area contributed by atoms with Crippen molar-refractivity contribution in [2.75, 3.05) is 11.9 Å². The van der Waals surface area contributed by atoms with Crippen LogP contribution in [0.25, 0.3) is 0 Å². The van der Waals surface area contributed by atoms with Crippen LogP contribution in [0, 0.1) is 0 Å². The maximum atomic E-state index is 3.61. The number of nitrogens with zero attached hydrogens (tertiary/aromatic N) is 1. The zero-order valence-electron chi connectivity index (χ0n) is 11.9. The summed E-state index contributed by atoms with van der Waals surface area (Å²) in [4.78, 5) is 3.70. The Labute approximate surface area is 146 Å². The molecule has 5 heteroatoms. The van der Waals surface area contributed by atoms with E-state index in [1.165, 1.54) is 33.4 Å². The lowest BCUT2D eigenvalue weighted by molar-refractivity contribution is 0.685. The van der Waals surface area contributed by atoms with Crippen molar-refractivity contribution in [3.8, 4) is 0 Å². The molecule has 1 N–H and O–H groups in total. The summed E-state index contributed by atoms with van der Waals surface area (Å²) in [5.41, 5.74) is 2.66. The number of anilines is 1. The molecule has 1 aromatic heterocycles. The quantitative estimate of drug-likeness (QED) is 0.681. The SMILES string of the molecule is CN(Cc1cc(Br)cs1)c1ccc(Br)cc1CNC1CC1. The van der Waals surface area contributed by atoms with Gasteiger partial charge in [-0.05, 0) is 58.6 Å². The minimum absolute atomic E-state index is 0.732. The lowest BCUT2D eigenvalue weighted by Crippen LogP contribution is -2.21. The first-order chi connectivity index (χ1) is 10.1. The second-order valence-electron chi connectivity index (χ2n) is 5.52. The number of halogens is 2. The first-order valence-corrected chi connectivity index (χ1v) is 9.54. The van der Waals surface area contributed by atoms with E-state index < -0.39 is 0 Å². The Morgan fingerprint density at radius 3 is 2.71 bits per heavy atom. The molecule has 2 nitrogen and oxygen atoms in total. The van der Waals surface area contributed by atoms with Crippen LogP contribution < -0.4 is 10.2 Å². The fraction of sp³-hybridized carbons (Fsp3) is 0.375. The second kappa shape index (κ2) is 6.82. The molecule has 0 spiro atoms. The molecule has 0 saturated heterocycles. The van der Waals surface area contributed by atoms with Crippen molar-refractivity contribution >= 4 is 48.9 Å². The number of nitrogens with one attached hydrogen (secondary N) is 1. The predicted molar refractivity (Wildman–Crippen MR) is 98.1 cm³/mol. The van der Waals surface area contributed by atoms with Gasteiger partial charge < -0.3 is 10.2 Å². The lowest BCUT2D eigenvalue weighted by Gasteiger charge is -2.22. The van der Waals surface area contributed by atoms with Gasteiger partial charge in [0, 0.05) is 44.5 Å². The van der Waals surface area contributed by atoms with Crippen LogP contribution in [0.1, 0.15) is 23.3 Å². The van der Waals surface area contributed by atoms with Gasteiger partial charge in [0.2, 0.25) is 0 Å². The van der Waals surface area contributed by atoms with Crippen molar-refractivity contribution in [1.82, 2.24) is 5.32 Å². The van der Waals surface area contributed by atoms with Crippen LogP contribution in [0.5, 0.6) is 0 Å². The lowest BCUT2D eigenvalue weighted by atomic mass is 10.1. The Balaban J connectivity index is 1.75. The minimum atomic E-state index is 0.732. The van der Waals surface area contributed by atoms with Crippen molar-refractivity contribution in [3.05, 3.63) is 49.0 Å². The summed E-state index contributed by atoms with van der Waals surface area (Å²) >= 11 is 8.91. The average molecular weight is 430 g/mol. The van der Waals surface area contributed by atoms with Gasteiger partial charge in [0.1, 0.15) is 0 Å². The smallest absolute Gasteiger partial charge is 0.0520 e. The third-order valence-electron chi connectivity index (χ3n) is 3.63. The maximum Gasteiger partial charge on any atom is 0.0520 e. The summed E-state index contributed by atoms with van der Waals surface area (Å²) < 4.78 is 2.31. The molecule has 0 atom stereocenters. The number of benzene rings is 1. The maximum absolute atomic E-state index is 3.61. The van der Waals surface area contributed by atoms with Gasteiger partial charge in [0.25, 0.3) is 0 Å². The summed E-state index contributed by atoms with van der Waals surface area (Å²) in [6.07, 6.45) is 2.64. The van der Waals surface area contributed by atoms with Crippen LogP contribution in [-0.4, -0.2) is 13.1 Å². The Bertz CT molecular complexity index is 622. The highest BCUT2D eigenvalue weighted by molar-refractivity contribution is 9.10. The van der Waals surface area contributed by atoms with Gasteiger partial charge in [-0.25, -0.2) is 0 Å². The van der Waals surface area contributed by atoms with E-state index >= 15 is 0 Å². The average Bonchev–Trinajstić information content (AvgIpc) is 3.19. The van der Waals surface area contributed by atoms with Gasteiger partial charge in [-0.2, -0.15) is 0 Å². The Hall–Kier alpha value is -0.360. The molecule has 2 aromatic rings. The van der Waals surface area contributed by atoms with E-state index in [-0.39, 0.29) is 0 Å². The fourth-order valence-corrected chi connectivity index (χ4v) is 4.28. The third kappa shape index (κ3) is 4.31. The minimum Gasteiger partial charge on any atom is -0.369 e. The molecule has 1 saturated carbocycles. The summed E-state index contributed by atoms with van der Waals surface area (Å²) in [5.74, 6) is 0. The summed E-state index contributed by atoms with van der Waals surface area (Å²) in [5, 5.41) is 5.75. The molecule has 0 unspecified atom stereocenters. The van der Waals surface area contributed by atoms with Crippen LogP contribution in [0.2, 0.25) is 0 Å². The van der Waals surface area contributed by atoms with E-state index in [1.54, 1.807) is 11.3 Å². The monoisotopic (exact) mass is 428 g/mol. The molecule has 1 fully saturated rings. The van der Waals surface area contributed by atoms with Gasteiger partial charge >= 0.3 is 0 Å². The van der Waals surface area contributed by atoms with Crippen molar-refractivity contribution in [3.63, 3.8) is 0 Å². The predicted octanol–water partition coefficient (Wildman–Crippen LogP) is 5.16. The standard InChI is InChI=1S/C16H18Br2N2S/c1-20(9-15-7-13(18)10-21-15)16-5-2-12(17)6-11(16)8-19-14-3-4-14/h2,5-7,10,14,19H,3-4,8-9H2,1H3. The van der Waals surface area contributed by atoms with Crippen molar-refractivity contribution < 1.29 is 0 Å². The van der Waals surface area contributed by atoms with Gasteiger partial charge in [0.15, 0.2) is 0 Å². The molecular formula is C16H18Br2N2S. The van der Waals surface area contributed by atoms with Gasteiger partial charge in [-0.1, -0.05) is 15.9 Å². The molecule has 3 rings (SSSR count). The van der Waals surface area contributed by atoms with Crippen LogP contribution in [0.4, 0.5) is 5.69 Å². The van der Waals surface area contributed by atoms with E-state index in [0.717, 1.165) is 23.6 Å². The number of hydrogen-bond acceptors (Lipinski definition) is 3. The second-order valence-corrected chi connectivity index (χ2v) is 8.34. The first-order valence-electron chi connectivity index (χ1n) is 7.07. The molecule has 0 bridgehead atoms. The topological polar surface area (TPSA) is 15.3 Å². The number of thiophene rings is 1. The van der Waals surface area contributed by atoms with Gasteiger partial charge in [-0.3, -0.25) is 0 Å². The van der Waals surface area contributed by atoms with Crippen LogP contribution in [-0.2, 0) is 13.1 Å². The van der Waals surface area contributed by atoms with E-state index in [1.807, 2.05) is 0 Å². The van der Waals surface area contributed by atoms with Crippen molar-refractivity contribution in [1.29, 1.82) is 0 Å². The number of rotatable bonds is 6. The highest BCUT2D eigenvalue weighted by Crippen LogP contribution is 2.28. The highest BCUT2D eigenvalue weighted by atomic mass is 79.9. The molecular weight excluding hydrogens is 412 g/mol. The highest BCUT2D eigenvalue weighted by Gasteiger charge is 2.21. The molecule has 0 radical (unpaired) electrons. The van der Waals surface area contributed by atoms with Crippen LogP contribution in [0.15, 0.2) is 38.6 Å². The number of hydrogen-bond donors (Lipinski definition) is 1. The largest absolute Gasteiger partial charge is 0.369 e. The Kier molecular flexibility index (Phi) is 5.04. The van der Waals surface area contributed by atoms with E-state index in [2.05, 4.69) is 78.8 Å². The zero-order chi connectivity index (χ0) is 14.8. The molecule has 21 heavy (non-hydrogen) atoms. The first kappa shape index (κ1) is 15.5. The normalized spacial score (nSPS) is 14.4. The molecule has 1 aliphatic rings. The van der Waals surface area contributed by atoms with E-state index in [4.69, 9.17) is 0 Å². The Morgan fingerprint density at radius 1 is 1.24 bits per heavy atom. The summed E-state index contributed by atoms with van der Waals surface area (Å²) in [7, 11) is 2.16. The molecule has 1 heterocycles. The van der Waals surface area contributed by atoms with Crippen molar-refractivity contribution in [2.45, 2.75) is 32.0 Å². The molecule has 0 aliphatic heterocycles. The fourth-order valence-electron chi connectivity index (χ4n) is 2.37. The van der Waals surface area contributed by atoms with Crippen LogP contribution in [0.3, 0.4) is 0 Å². The summed E-state index contributed by atoms with van der Waals surface area (Å²) in [6.45, 7) is 1.88. The molecule has 112 valence electrons. The van der Waals surface area contributed by atoms with E-state index in [0.29, 0.717) is 0 Å². The van der Waals surface area contributed by atoms with Gasteiger partial charge in [-0.15, -0.1) is 11.3 Å². The van der Waals surface area contributed by atoms with Gasteiger partial charge in [0.05, 0.1) is 6.54 Å². The molecule has 0 amide bonds. The zero-order valence-corrected chi connectivity index (χ0v) is 15.9. The van der Waals surface area contributed by atoms with Crippen LogP contribution >= 0.6 is 43.2 Å². The van der Waals surface area contributed by atoms with Crippen molar-refractivity contribution in [2.24, 2.45) is 0 Å². The Morgan fingerprint density at radius 2 is 2.05 bits per heavy atom. The molecule has 1 aromatic carbocycles. The molecule has 1 aliphatic carbocycles.